The smallest absolute Gasteiger partial charge is 0.205 e. The molecule has 0 aliphatic rings. The van der Waals surface area contributed by atoms with Gasteiger partial charge in [0.15, 0.2) is 5.03 Å². The summed E-state index contributed by atoms with van der Waals surface area (Å²) in [6, 6.07) is 1.03. The second-order valence-electron chi connectivity index (χ2n) is 3.06. The van der Waals surface area contributed by atoms with Crippen LogP contribution in [0.5, 0.6) is 0 Å². The predicted molar refractivity (Wildman–Crippen MR) is 54.7 cm³/mol. The summed E-state index contributed by atoms with van der Waals surface area (Å²) in [5.41, 5.74) is 0. The van der Waals surface area contributed by atoms with E-state index in [-0.39, 0.29) is 0 Å². The van der Waals surface area contributed by atoms with E-state index in [1.165, 1.54) is 13.8 Å². The monoisotopic (exact) mass is 272 g/mol. The van der Waals surface area contributed by atoms with Crippen molar-refractivity contribution in [3.05, 3.63) is 12.3 Å². The minimum absolute atomic E-state index is 0.478. The lowest BCUT2D eigenvalue weighted by atomic mass is 10.6. The molecule has 0 aliphatic carbocycles. The van der Waals surface area contributed by atoms with E-state index in [9.17, 15) is 16.8 Å². The molecule has 0 radical (unpaired) electrons. The Hall–Kier alpha value is -0.600. The second kappa shape index (κ2) is 3.76. The molecule has 6 nitrogen and oxygen atoms in total. The Morgan fingerprint density at radius 3 is 2.20 bits per heavy atom. The van der Waals surface area contributed by atoms with Crippen LogP contribution < -0.4 is 0 Å². The van der Waals surface area contributed by atoms with Crippen molar-refractivity contribution in [2.24, 2.45) is 0 Å². The molecule has 0 bridgehead atoms. The van der Waals surface area contributed by atoms with E-state index in [0.717, 1.165) is 12.3 Å². The van der Waals surface area contributed by atoms with Crippen molar-refractivity contribution in [3.63, 3.8) is 0 Å². The fourth-order valence-corrected chi connectivity index (χ4v) is 2.35. The molecule has 0 unspecified atom stereocenters. The summed E-state index contributed by atoms with van der Waals surface area (Å²) in [6.07, 6.45) is 1.05. The van der Waals surface area contributed by atoms with Gasteiger partial charge in [-0.2, -0.15) is 4.09 Å². The normalized spacial score (nSPS) is 13.3. The highest BCUT2D eigenvalue weighted by atomic mass is 35.7. The van der Waals surface area contributed by atoms with Crippen LogP contribution in [0, 0.1) is 0 Å². The van der Waals surface area contributed by atoms with Crippen molar-refractivity contribution in [2.45, 2.75) is 24.1 Å². The molecule has 1 heterocycles. The van der Waals surface area contributed by atoms with Gasteiger partial charge in [-0.3, -0.25) is 0 Å². The number of rotatable bonds is 3. The molecule has 0 aromatic carbocycles. The molecule has 0 atom stereocenters. The van der Waals surface area contributed by atoms with Crippen LogP contribution in [0.1, 0.15) is 13.8 Å². The zero-order chi connectivity index (χ0) is 11.9. The van der Waals surface area contributed by atoms with Crippen molar-refractivity contribution < 1.29 is 16.8 Å². The van der Waals surface area contributed by atoms with Gasteiger partial charge in [0.05, 0.1) is 5.25 Å². The van der Waals surface area contributed by atoms with Gasteiger partial charge in [-0.25, -0.2) is 16.8 Å². The zero-order valence-electron chi connectivity index (χ0n) is 7.95. The summed E-state index contributed by atoms with van der Waals surface area (Å²) >= 11 is 0. The van der Waals surface area contributed by atoms with Crippen LogP contribution in [-0.4, -0.2) is 31.3 Å². The summed E-state index contributed by atoms with van der Waals surface area (Å²) < 4.78 is 45.3. The van der Waals surface area contributed by atoms with Crippen molar-refractivity contribution in [3.8, 4) is 0 Å². The van der Waals surface area contributed by atoms with E-state index in [0.29, 0.717) is 4.09 Å². The number of halogens is 1. The average Bonchev–Trinajstić information content (AvgIpc) is 2.50. The van der Waals surface area contributed by atoms with Gasteiger partial charge >= 0.3 is 0 Å². The van der Waals surface area contributed by atoms with E-state index >= 15 is 0 Å². The quantitative estimate of drug-likeness (QED) is 0.743. The Morgan fingerprint density at radius 2 is 1.87 bits per heavy atom. The van der Waals surface area contributed by atoms with E-state index < -0.39 is 29.4 Å². The lowest BCUT2D eigenvalue weighted by Crippen LogP contribution is -2.23. The second-order valence-corrected chi connectivity index (χ2v) is 7.92. The molecule has 1 aromatic rings. The highest BCUT2D eigenvalue weighted by Crippen LogP contribution is 2.13. The van der Waals surface area contributed by atoms with Crippen molar-refractivity contribution >= 4 is 29.8 Å². The minimum atomic E-state index is -3.99. The highest BCUT2D eigenvalue weighted by molar-refractivity contribution is 8.13. The first kappa shape index (κ1) is 12.5. The SMILES string of the molecule is CC(C)S(=O)(=O)n1ccc(S(=O)(=O)Cl)n1. The largest absolute Gasteiger partial charge is 0.280 e. The first-order chi connectivity index (χ1) is 6.65. The molecule has 0 fully saturated rings. The van der Waals surface area contributed by atoms with E-state index in [2.05, 4.69) is 5.10 Å². The van der Waals surface area contributed by atoms with Gasteiger partial charge in [0, 0.05) is 16.9 Å². The van der Waals surface area contributed by atoms with Gasteiger partial charge in [-0.05, 0) is 19.9 Å². The van der Waals surface area contributed by atoms with Crippen molar-refractivity contribution in [1.82, 2.24) is 9.19 Å². The molecule has 15 heavy (non-hydrogen) atoms. The summed E-state index contributed by atoms with van der Waals surface area (Å²) in [7, 11) is -2.62. The molecule has 0 amide bonds. The van der Waals surface area contributed by atoms with Gasteiger partial charge in [0.25, 0.3) is 19.1 Å². The first-order valence-electron chi connectivity index (χ1n) is 3.90. The minimum Gasteiger partial charge on any atom is -0.205 e. The summed E-state index contributed by atoms with van der Waals surface area (Å²) in [5, 5.41) is 2.21. The zero-order valence-corrected chi connectivity index (χ0v) is 10.3. The first-order valence-corrected chi connectivity index (χ1v) is 7.71. The van der Waals surface area contributed by atoms with Crippen LogP contribution in [0.4, 0.5) is 0 Å². The summed E-state index contributed by atoms with van der Waals surface area (Å²) in [5.74, 6) is 0. The van der Waals surface area contributed by atoms with Gasteiger partial charge in [0.2, 0.25) is 0 Å². The maximum Gasteiger partial charge on any atom is 0.280 e. The Labute approximate surface area is 92.3 Å². The van der Waals surface area contributed by atoms with Crippen LogP contribution in [-0.2, 0) is 19.1 Å². The molecule has 0 aliphatic heterocycles. The van der Waals surface area contributed by atoms with Gasteiger partial charge in [-0.1, -0.05) is 0 Å². The van der Waals surface area contributed by atoms with Crippen molar-refractivity contribution in [2.75, 3.05) is 0 Å². The molecule has 0 spiro atoms. The fraction of sp³-hybridized carbons (Fsp3) is 0.500. The predicted octanol–water partition coefficient (Wildman–Crippen LogP) is 0.397. The maximum absolute atomic E-state index is 11.5. The number of hydrogen-bond donors (Lipinski definition) is 0. The lowest BCUT2D eigenvalue weighted by Gasteiger charge is -2.06. The maximum atomic E-state index is 11.5. The fourth-order valence-electron chi connectivity index (χ4n) is 0.779. The molecule has 0 saturated carbocycles. The number of aromatic nitrogens is 2. The summed E-state index contributed by atoms with van der Waals surface area (Å²) in [4.78, 5) is 0. The number of hydrogen-bond acceptors (Lipinski definition) is 5. The van der Waals surface area contributed by atoms with Crippen molar-refractivity contribution in [1.29, 1.82) is 0 Å². The molecular formula is C6H9ClN2O4S2. The Morgan fingerprint density at radius 1 is 1.33 bits per heavy atom. The third-order valence-corrected chi connectivity index (χ3v) is 4.76. The van der Waals surface area contributed by atoms with E-state index in [1.54, 1.807) is 0 Å². The van der Waals surface area contributed by atoms with Crippen LogP contribution in [0.2, 0.25) is 0 Å². The van der Waals surface area contributed by atoms with Crippen LogP contribution >= 0.6 is 10.7 Å². The molecule has 1 rings (SSSR count). The number of nitrogens with zero attached hydrogens (tertiary/aromatic N) is 2. The molecule has 9 heteroatoms. The Bertz CT molecular complexity index is 558. The van der Waals surface area contributed by atoms with Crippen LogP contribution in [0.25, 0.3) is 0 Å². The van der Waals surface area contributed by atoms with Crippen LogP contribution in [0.15, 0.2) is 17.3 Å². The van der Waals surface area contributed by atoms with Gasteiger partial charge in [0.1, 0.15) is 0 Å². The summed E-state index contributed by atoms with van der Waals surface area (Å²) in [6.45, 7) is 2.93. The molecule has 0 N–H and O–H groups in total. The average molecular weight is 273 g/mol. The van der Waals surface area contributed by atoms with Gasteiger partial charge < -0.3 is 0 Å². The molecular weight excluding hydrogens is 264 g/mol. The third kappa shape index (κ3) is 2.50. The molecule has 86 valence electrons. The molecule has 1 aromatic heterocycles. The highest BCUT2D eigenvalue weighted by Gasteiger charge is 2.22. The van der Waals surface area contributed by atoms with Gasteiger partial charge in [-0.15, -0.1) is 5.10 Å². The van der Waals surface area contributed by atoms with E-state index in [1.807, 2.05) is 0 Å². The molecule has 0 saturated heterocycles. The Balaban J connectivity index is 3.28. The standard InChI is InChI=1S/C6H9ClN2O4S2/c1-5(2)15(12,13)9-4-3-6(8-9)14(7,10)11/h3-5H,1-2H3. The van der Waals surface area contributed by atoms with Crippen LogP contribution in [0.3, 0.4) is 0 Å². The Kier molecular flexibility index (Phi) is 3.13. The van der Waals surface area contributed by atoms with E-state index in [4.69, 9.17) is 10.7 Å². The lowest BCUT2D eigenvalue weighted by molar-refractivity contribution is 0.568. The third-order valence-electron chi connectivity index (χ3n) is 1.65. The topological polar surface area (TPSA) is 86.1 Å².